The van der Waals surface area contributed by atoms with Crippen LogP contribution in [0.2, 0.25) is 0 Å². The van der Waals surface area contributed by atoms with E-state index in [4.69, 9.17) is 4.74 Å². The topological polar surface area (TPSA) is 101 Å². The van der Waals surface area contributed by atoms with Crippen molar-refractivity contribution in [3.8, 4) is 11.1 Å². The van der Waals surface area contributed by atoms with E-state index in [9.17, 15) is 9.18 Å². The smallest absolute Gasteiger partial charge is 0.414 e. The molecule has 11 heteroatoms. The highest BCUT2D eigenvalue weighted by Crippen LogP contribution is 2.29. The minimum absolute atomic E-state index is 0.306. The van der Waals surface area contributed by atoms with Gasteiger partial charge in [-0.2, -0.15) is 5.10 Å². The molecular formula is C20H19FN8O2. The second-order valence-corrected chi connectivity index (χ2v) is 7.16. The number of cyclic esters (lactones) is 1. The lowest BCUT2D eigenvalue weighted by molar-refractivity contribution is 0.129. The van der Waals surface area contributed by atoms with Crippen LogP contribution in [0.5, 0.6) is 0 Å². The molecular weight excluding hydrogens is 403 g/mol. The molecule has 0 aliphatic carbocycles. The summed E-state index contributed by atoms with van der Waals surface area (Å²) in [6.45, 7) is 2.18. The van der Waals surface area contributed by atoms with Gasteiger partial charge in [0.2, 0.25) is 0 Å². The zero-order valence-electron chi connectivity index (χ0n) is 16.4. The Morgan fingerprint density at radius 1 is 1.26 bits per heavy atom. The number of hydrogen-bond acceptors (Lipinski definition) is 8. The average molecular weight is 422 g/mol. The summed E-state index contributed by atoms with van der Waals surface area (Å²) in [6.07, 6.45) is 5.65. The van der Waals surface area contributed by atoms with E-state index < -0.39 is 11.9 Å². The summed E-state index contributed by atoms with van der Waals surface area (Å²) in [5, 5.41) is 11.6. The first-order chi connectivity index (χ1) is 15.2. The quantitative estimate of drug-likeness (QED) is 0.670. The van der Waals surface area contributed by atoms with E-state index in [0.29, 0.717) is 29.9 Å². The van der Waals surface area contributed by atoms with Crippen LogP contribution in [0, 0.1) is 5.82 Å². The predicted molar refractivity (Wildman–Crippen MR) is 111 cm³/mol. The molecule has 2 aliphatic rings. The number of anilines is 2. The minimum atomic E-state index is -0.513. The fourth-order valence-electron chi connectivity index (χ4n) is 3.56. The van der Waals surface area contributed by atoms with Crippen LogP contribution in [-0.4, -0.2) is 58.1 Å². The van der Waals surface area contributed by atoms with Gasteiger partial charge in [-0.25, -0.2) is 18.9 Å². The van der Waals surface area contributed by atoms with E-state index in [-0.39, 0.29) is 6.10 Å². The fourth-order valence-corrected chi connectivity index (χ4v) is 3.56. The van der Waals surface area contributed by atoms with Gasteiger partial charge in [0, 0.05) is 30.1 Å². The summed E-state index contributed by atoms with van der Waals surface area (Å²) in [7, 11) is 0. The molecule has 3 aromatic rings. The highest BCUT2D eigenvalue weighted by atomic mass is 19.1. The Hall–Kier alpha value is -4.02. The molecule has 10 nitrogen and oxygen atoms in total. The lowest BCUT2D eigenvalue weighted by atomic mass is 10.1. The number of carbonyl (C=O) groups excluding carboxylic acids is 1. The van der Waals surface area contributed by atoms with Gasteiger partial charge in [0.25, 0.3) is 0 Å². The highest BCUT2D eigenvalue weighted by molar-refractivity contribution is 5.90. The molecule has 0 spiro atoms. The molecule has 1 saturated heterocycles. The predicted octanol–water partition coefficient (Wildman–Crippen LogP) is 1.86. The summed E-state index contributed by atoms with van der Waals surface area (Å²) in [5.41, 5.74) is 4.37. The van der Waals surface area contributed by atoms with Gasteiger partial charge in [-0.3, -0.25) is 4.90 Å². The van der Waals surface area contributed by atoms with Crippen molar-refractivity contribution in [2.45, 2.75) is 12.6 Å². The third-order valence-electron chi connectivity index (χ3n) is 5.11. The number of pyridine rings is 1. The van der Waals surface area contributed by atoms with Gasteiger partial charge in [-0.1, -0.05) is 5.21 Å². The first-order valence-corrected chi connectivity index (χ1v) is 9.78. The van der Waals surface area contributed by atoms with Gasteiger partial charge in [0.05, 0.1) is 31.5 Å². The molecule has 1 aromatic carbocycles. The molecule has 31 heavy (non-hydrogen) atoms. The molecule has 0 bridgehead atoms. The molecule has 2 aliphatic heterocycles. The second kappa shape index (κ2) is 8.01. The van der Waals surface area contributed by atoms with Crippen molar-refractivity contribution in [1.82, 2.24) is 25.4 Å². The molecule has 1 amide bonds. The van der Waals surface area contributed by atoms with Crippen LogP contribution in [0.1, 0.15) is 0 Å². The van der Waals surface area contributed by atoms with E-state index in [0.717, 1.165) is 18.9 Å². The van der Waals surface area contributed by atoms with E-state index in [2.05, 4.69) is 25.8 Å². The summed E-state index contributed by atoms with van der Waals surface area (Å²) in [4.78, 5) is 20.0. The van der Waals surface area contributed by atoms with Gasteiger partial charge < -0.3 is 15.1 Å². The maximum Gasteiger partial charge on any atom is 0.414 e. The Bertz CT molecular complexity index is 1100. The molecule has 158 valence electrons. The van der Waals surface area contributed by atoms with E-state index >= 15 is 0 Å². The number of carbonyl (C=O) groups is 1. The first kappa shape index (κ1) is 19.0. The summed E-state index contributed by atoms with van der Waals surface area (Å²) < 4.78 is 21.9. The molecule has 1 N–H and O–H groups in total. The third kappa shape index (κ3) is 3.89. The molecule has 1 unspecified atom stereocenters. The number of halogens is 1. The number of nitrogens with zero attached hydrogens (tertiary/aromatic N) is 7. The van der Waals surface area contributed by atoms with E-state index in [1.54, 1.807) is 41.7 Å². The van der Waals surface area contributed by atoms with Crippen molar-refractivity contribution in [3.63, 3.8) is 0 Å². The lowest BCUT2D eigenvalue weighted by Crippen LogP contribution is -2.35. The van der Waals surface area contributed by atoms with Crippen molar-refractivity contribution < 1.29 is 13.9 Å². The summed E-state index contributed by atoms with van der Waals surface area (Å²) >= 11 is 0. The number of ether oxygens (including phenoxy) is 1. The molecule has 4 heterocycles. The second-order valence-electron chi connectivity index (χ2n) is 7.16. The number of rotatable bonds is 5. The highest BCUT2D eigenvalue weighted by Gasteiger charge is 2.33. The minimum Gasteiger partial charge on any atom is -0.442 e. The zero-order valence-corrected chi connectivity index (χ0v) is 16.4. The van der Waals surface area contributed by atoms with Crippen molar-refractivity contribution >= 4 is 23.9 Å². The monoisotopic (exact) mass is 422 g/mol. The Kier molecular flexibility index (Phi) is 4.90. The maximum absolute atomic E-state index is 14.9. The molecule has 0 radical (unpaired) electrons. The first-order valence-electron chi connectivity index (χ1n) is 9.78. The normalized spacial score (nSPS) is 18.2. The largest absolute Gasteiger partial charge is 0.442 e. The SMILES string of the molecule is O=C1OC(Cn2ccnn2)CN1c1ccc(-c2ccc(N3C=NNCC3)nc2)c(F)c1. The standard InChI is InChI=1S/C20H19FN8O2/c21-18-9-15(29-12-16(31-20(29)30)11-28-8-6-24-26-28)2-3-17(18)14-1-4-19(22-10-14)27-7-5-23-25-13-27/h1-4,6,8-10,13,16,23H,5,7,11-12H2. The van der Waals surface area contributed by atoms with Crippen LogP contribution in [0.15, 0.2) is 54.0 Å². The van der Waals surface area contributed by atoms with Gasteiger partial charge in [-0.15, -0.1) is 5.10 Å². The van der Waals surface area contributed by atoms with Crippen molar-refractivity contribution in [3.05, 3.63) is 54.7 Å². The average Bonchev–Trinajstić information content (AvgIpc) is 3.44. The number of hydrazone groups is 1. The third-order valence-corrected chi connectivity index (χ3v) is 5.11. The molecule has 1 fully saturated rings. The Morgan fingerprint density at radius 3 is 2.90 bits per heavy atom. The Morgan fingerprint density at radius 2 is 2.19 bits per heavy atom. The van der Waals surface area contributed by atoms with Crippen LogP contribution < -0.4 is 15.2 Å². The zero-order chi connectivity index (χ0) is 21.2. The number of nitrogens with one attached hydrogen (secondary N) is 1. The fraction of sp³-hybridized carbons (Fsp3) is 0.250. The van der Waals surface area contributed by atoms with E-state index in [1.807, 2.05) is 17.0 Å². The van der Waals surface area contributed by atoms with Gasteiger partial charge in [0.1, 0.15) is 24.1 Å². The van der Waals surface area contributed by atoms with Crippen molar-refractivity contribution in [2.24, 2.45) is 5.10 Å². The van der Waals surface area contributed by atoms with Crippen LogP contribution in [0.25, 0.3) is 11.1 Å². The van der Waals surface area contributed by atoms with Gasteiger partial charge in [-0.05, 0) is 30.3 Å². The van der Waals surface area contributed by atoms with Crippen LogP contribution in [0.4, 0.5) is 20.7 Å². The number of benzene rings is 1. The Labute approximate surface area is 176 Å². The van der Waals surface area contributed by atoms with Crippen molar-refractivity contribution in [2.75, 3.05) is 29.4 Å². The van der Waals surface area contributed by atoms with Gasteiger partial charge >= 0.3 is 6.09 Å². The van der Waals surface area contributed by atoms with Crippen LogP contribution in [-0.2, 0) is 11.3 Å². The molecule has 2 aromatic heterocycles. The maximum atomic E-state index is 14.9. The summed E-state index contributed by atoms with van der Waals surface area (Å²) in [5.74, 6) is 0.299. The van der Waals surface area contributed by atoms with Crippen LogP contribution >= 0.6 is 0 Å². The lowest BCUT2D eigenvalue weighted by Gasteiger charge is -2.21. The van der Waals surface area contributed by atoms with Gasteiger partial charge in [0.15, 0.2) is 0 Å². The number of aromatic nitrogens is 4. The molecule has 1 atom stereocenters. The summed E-state index contributed by atoms with van der Waals surface area (Å²) in [6, 6.07) is 8.33. The molecule has 5 rings (SSSR count). The number of hydrogen-bond donors (Lipinski definition) is 1. The molecule has 0 saturated carbocycles. The van der Waals surface area contributed by atoms with Crippen molar-refractivity contribution in [1.29, 1.82) is 0 Å². The van der Waals surface area contributed by atoms with E-state index in [1.165, 1.54) is 11.0 Å². The number of amides is 1. The van der Waals surface area contributed by atoms with Crippen LogP contribution in [0.3, 0.4) is 0 Å². The Balaban J connectivity index is 1.31.